The Morgan fingerprint density at radius 1 is 1.18 bits per heavy atom. The highest BCUT2D eigenvalue weighted by Crippen LogP contribution is 2.29. The van der Waals surface area contributed by atoms with Crippen LogP contribution in [0, 0.1) is 0 Å². The van der Waals surface area contributed by atoms with E-state index in [4.69, 9.17) is 4.74 Å². The Balaban J connectivity index is 2.21. The van der Waals surface area contributed by atoms with Gasteiger partial charge >= 0.3 is 0 Å². The smallest absolute Gasteiger partial charge is 0.128 e. The number of hydrogen-bond acceptors (Lipinski definition) is 3. The van der Waals surface area contributed by atoms with E-state index in [0.29, 0.717) is 0 Å². The van der Waals surface area contributed by atoms with Crippen LogP contribution in [0.2, 0.25) is 0 Å². The van der Waals surface area contributed by atoms with Crippen LogP contribution in [-0.4, -0.2) is 12.1 Å². The summed E-state index contributed by atoms with van der Waals surface area (Å²) in [6, 6.07) is 12.3. The molecule has 0 aliphatic heterocycles. The maximum Gasteiger partial charge on any atom is 0.128 e. The Morgan fingerprint density at radius 3 is 2.88 bits per heavy atom. The molecule has 0 atom stereocenters. The lowest BCUT2D eigenvalue weighted by atomic mass is 10.1. The second-order valence-electron chi connectivity index (χ2n) is 3.73. The van der Waals surface area contributed by atoms with E-state index in [1.165, 1.54) is 4.88 Å². The number of ether oxygens (including phenoxy) is 1. The second-order valence-corrected chi connectivity index (χ2v) is 4.68. The van der Waals surface area contributed by atoms with E-state index < -0.39 is 0 Å². The first-order valence-corrected chi connectivity index (χ1v) is 6.23. The second kappa shape index (κ2) is 4.18. The minimum Gasteiger partial charge on any atom is -0.496 e. The molecule has 0 bridgehead atoms. The van der Waals surface area contributed by atoms with Crippen LogP contribution in [0.5, 0.6) is 5.75 Å². The molecule has 3 heteroatoms. The van der Waals surface area contributed by atoms with Gasteiger partial charge in [0.05, 0.1) is 17.7 Å². The molecule has 0 aliphatic rings. The Kier molecular flexibility index (Phi) is 2.53. The van der Waals surface area contributed by atoms with Crippen molar-refractivity contribution in [1.29, 1.82) is 0 Å². The number of benzene rings is 1. The van der Waals surface area contributed by atoms with Crippen LogP contribution in [0.3, 0.4) is 0 Å². The summed E-state index contributed by atoms with van der Waals surface area (Å²) in [4.78, 5) is 5.68. The molecule has 0 spiro atoms. The third-order valence-electron chi connectivity index (χ3n) is 2.72. The summed E-state index contributed by atoms with van der Waals surface area (Å²) < 4.78 is 5.32. The molecule has 0 saturated carbocycles. The first-order chi connectivity index (χ1) is 8.38. The molecule has 0 N–H and O–H groups in total. The van der Waals surface area contributed by atoms with Crippen molar-refractivity contribution < 1.29 is 4.74 Å². The molecule has 0 fully saturated rings. The minimum absolute atomic E-state index is 0.868. The monoisotopic (exact) mass is 241 g/mol. The van der Waals surface area contributed by atoms with E-state index in [9.17, 15) is 0 Å². The van der Waals surface area contributed by atoms with Crippen LogP contribution >= 0.6 is 11.3 Å². The Morgan fingerprint density at radius 2 is 2.12 bits per heavy atom. The number of hydrogen-bond donors (Lipinski definition) is 0. The summed E-state index contributed by atoms with van der Waals surface area (Å²) in [5.41, 5.74) is 1.01. The molecule has 3 aromatic rings. The van der Waals surface area contributed by atoms with Crippen LogP contribution in [-0.2, 0) is 0 Å². The molecule has 2 heterocycles. The standard InChI is InChI=1S/C14H11NOS/c1-16-13-5-2-4-10-8-12(15-9-11(10)13)14-6-3-7-17-14/h2-9H,1H3. The number of thiophene rings is 1. The summed E-state index contributed by atoms with van der Waals surface area (Å²) >= 11 is 1.70. The lowest BCUT2D eigenvalue weighted by Crippen LogP contribution is -1.87. The van der Waals surface area contributed by atoms with Gasteiger partial charge in [-0.3, -0.25) is 4.98 Å². The highest BCUT2D eigenvalue weighted by Gasteiger charge is 2.05. The molecule has 17 heavy (non-hydrogen) atoms. The van der Waals surface area contributed by atoms with E-state index in [1.54, 1.807) is 18.4 Å². The molecular weight excluding hydrogens is 230 g/mol. The summed E-state index contributed by atoms with van der Waals surface area (Å²) in [5.74, 6) is 0.868. The number of methoxy groups -OCH3 is 1. The van der Waals surface area contributed by atoms with E-state index >= 15 is 0 Å². The quantitative estimate of drug-likeness (QED) is 0.677. The molecule has 0 unspecified atom stereocenters. The topological polar surface area (TPSA) is 22.1 Å². The third kappa shape index (κ3) is 1.78. The van der Waals surface area contributed by atoms with Gasteiger partial charge < -0.3 is 4.74 Å². The first kappa shape index (κ1) is 10.3. The Labute approximate surface area is 104 Å². The number of aromatic nitrogens is 1. The van der Waals surface area contributed by atoms with Gasteiger partial charge in [0, 0.05) is 11.6 Å². The molecule has 2 aromatic heterocycles. The van der Waals surface area contributed by atoms with E-state index in [2.05, 4.69) is 28.6 Å². The van der Waals surface area contributed by atoms with Crippen LogP contribution in [0.25, 0.3) is 21.3 Å². The number of pyridine rings is 1. The fourth-order valence-corrected chi connectivity index (χ4v) is 2.57. The maximum atomic E-state index is 5.32. The van der Waals surface area contributed by atoms with Gasteiger partial charge in [0.15, 0.2) is 0 Å². The van der Waals surface area contributed by atoms with Gasteiger partial charge in [-0.25, -0.2) is 0 Å². The normalized spacial score (nSPS) is 10.6. The summed E-state index contributed by atoms with van der Waals surface area (Å²) in [6.45, 7) is 0. The van der Waals surface area contributed by atoms with Crippen molar-refractivity contribution in [1.82, 2.24) is 4.98 Å². The average molecular weight is 241 g/mol. The zero-order valence-electron chi connectivity index (χ0n) is 9.38. The first-order valence-electron chi connectivity index (χ1n) is 5.35. The maximum absolute atomic E-state index is 5.32. The van der Waals surface area contributed by atoms with Gasteiger partial charge in [0.1, 0.15) is 5.75 Å². The van der Waals surface area contributed by atoms with Crippen molar-refractivity contribution >= 4 is 22.1 Å². The van der Waals surface area contributed by atoms with Crippen molar-refractivity contribution in [3.63, 3.8) is 0 Å². The number of rotatable bonds is 2. The van der Waals surface area contributed by atoms with Gasteiger partial charge in [-0.15, -0.1) is 11.3 Å². The highest BCUT2D eigenvalue weighted by molar-refractivity contribution is 7.13. The van der Waals surface area contributed by atoms with Crippen molar-refractivity contribution in [3.8, 4) is 16.3 Å². The molecule has 3 rings (SSSR count). The molecule has 1 aromatic carbocycles. The summed E-state index contributed by atoms with van der Waals surface area (Å²) in [7, 11) is 1.68. The van der Waals surface area contributed by atoms with Gasteiger partial charge in [0.25, 0.3) is 0 Å². The van der Waals surface area contributed by atoms with Crippen molar-refractivity contribution in [2.24, 2.45) is 0 Å². The summed E-state index contributed by atoms with van der Waals surface area (Å²) in [6.07, 6.45) is 1.88. The van der Waals surface area contributed by atoms with Crippen LogP contribution in [0.1, 0.15) is 0 Å². The van der Waals surface area contributed by atoms with E-state index in [1.807, 2.05) is 24.4 Å². The number of fused-ring (bicyclic) bond motifs is 1. The molecular formula is C14H11NOS. The average Bonchev–Trinajstić information content (AvgIpc) is 2.91. The zero-order valence-corrected chi connectivity index (χ0v) is 10.2. The van der Waals surface area contributed by atoms with Crippen molar-refractivity contribution in [3.05, 3.63) is 48.0 Å². The van der Waals surface area contributed by atoms with Gasteiger partial charge in [-0.1, -0.05) is 18.2 Å². The lowest BCUT2D eigenvalue weighted by Gasteiger charge is -2.05. The fourth-order valence-electron chi connectivity index (χ4n) is 1.88. The van der Waals surface area contributed by atoms with Crippen LogP contribution in [0.4, 0.5) is 0 Å². The Hall–Kier alpha value is -1.87. The molecule has 0 amide bonds. The number of nitrogens with zero attached hydrogens (tertiary/aromatic N) is 1. The van der Waals surface area contributed by atoms with Crippen LogP contribution < -0.4 is 4.74 Å². The lowest BCUT2D eigenvalue weighted by molar-refractivity contribution is 0.419. The minimum atomic E-state index is 0.868. The SMILES string of the molecule is COc1cccc2cc(-c3cccs3)ncc12. The predicted octanol–water partition coefficient (Wildman–Crippen LogP) is 3.97. The molecule has 0 aliphatic carbocycles. The molecule has 0 saturated heterocycles. The zero-order chi connectivity index (χ0) is 11.7. The molecule has 84 valence electrons. The van der Waals surface area contributed by atoms with Gasteiger partial charge in [-0.2, -0.15) is 0 Å². The highest BCUT2D eigenvalue weighted by atomic mass is 32.1. The van der Waals surface area contributed by atoms with Crippen molar-refractivity contribution in [2.75, 3.05) is 7.11 Å². The van der Waals surface area contributed by atoms with Crippen LogP contribution in [0.15, 0.2) is 48.0 Å². The van der Waals surface area contributed by atoms with Gasteiger partial charge in [0.2, 0.25) is 0 Å². The fraction of sp³-hybridized carbons (Fsp3) is 0.0714. The Bertz CT molecular complexity index is 646. The largest absolute Gasteiger partial charge is 0.496 e. The van der Waals surface area contributed by atoms with Crippen molar-refractivity contribution in [2.45, 2.75) is 0 Å². The van der Waals surface area contributed by atoms with Gasteiger partial charge in [-0.05, 0) is 29.0 Å². The molecule has 0 radical (unpaired) electrons. The third-order valence-corrected chi connectivity index (χ3v) is 3.61. The van der Waals surface area contributed by atoms with E-state index in [0.717, 1.165) is 22.2 Å². The summed E-state index contributed by atoms with van der Waals surface area (Å²) in [5, 5.41) is 4.27. The molecule has 2 nitrogen and oxygen atoms in total. The predicted molar refractivity (Wildman–Crippen MR) is 71.6 cm³/mol. The van der Waals surface area contributed by atoms with E-state index in [-0.39, 0.29) is 0 Å².